The van der Waals surface area contributed by atoms with Crippen LogP contribution in [0.4, 0.5) is 0 Å². The summed E-state index contributed by atoms with van der Waals surface area (Å²) in [6, 6.07) is 0. The SMILES string of the molecule is CCCN(CCC)CCC(CC)CN. The van der Waals surface area contributed by atoms with E-state index in [1.807, 2.05) is 0 Å². The normalized spacial score (nSPS) is 13.5. The van der Waals surface area contributed by atoms with E-state index in [9.17, 15) is 0 Å². The van der Waals surface area contributed by atoms with Crippen LogP contribution >= 0.6 is 0 Å². The van der Waals surface area contributed by atoms with Crippen molar-refractivity contribution in [1.29, 1.82) is 0 Å². The largest absolute Gasteiger partial charge is 0.330 e. The highest BCUT2D eigenvalue weighted by molar-refractivity contribution is 4.63. The van der Waals surface area contributed by atoms with Crippen LogP contribution in [0, 0.1) is 5.92 Å². The van der Waals surface area contributed by atoms with Gasteiger partial charge in [-0.1, -0.05) is 27.2 Å². The summed E-state index contributed by atoms with van der Waals surface area (Å²) >= 11 is 0. The third-order valence-electron chi connectivity index (χ3n) is 2.84. The Kier molecular flexibility index (Phi) is 9.42. The van der Waals surface area contributed by atoms with Crippen molar-refractivity contribution in [3.8, 4) is 0 Å². The fourth-order valence-corrected chi connectivity index (χ4v) is 1.82. The lowest BCUT2D eigenvalue weighted by molar-refractivity contribution is 0.251. The molecule has 0 aliphatic rings. The van der Waals surface area contributed by atoms with Crippen molar-refractivity contribution in [1.82, 2.24) is 4.90 Å². The first-order valence-electron chi connectivity index (χ1n) is 6.20. The van der Waals surface area contributed by atoms with Gasteiger partial charge >= 0.3 is 0 Å². The Hall–Kier alpha value is -0.0800. The zero-order valence-electron chi connectivity index (χ0n) is 10.3. The minimum absolute atomic E-state index is 0.728. The predicted octanol–water partition coefficient (Wildman–Crippen LogP) is 2.48. The number of rotatable bonds is 9. The van der Waals surface area contributed by atoms with Gasteiger partial charge in [-0.25, -0.2) is 0 Å². The molecule has 0 aromatic heterocycles. The van der Waals surface area contributed by atoms with Gasteiger partial charge in [-0.2, -0.15) is 0 Å². The van der Waals surface area contributed by atoms with Crippen molar-refractivity contribution in [2.24, 2.45) is 11.7 Å². The van der Waals surface area contributed by atoms with Crippen molar-refractivity contribution in [2.75, 3.05) is 26.2 Å². The van der Waals surface area contributed by atoms with Crippen LogP contribution in [0.15, 0.2) is 0 Å². The lowest BCUT2D eigenvalue weighted by Gasteiger charge is -2.23. The van der Waals surface area contributed by atoms with Crippen molar-refractivity contribution in [3.05, 3.63) is 0 Å². The first-order chi connectivity index (χ1) is 6.78. The van der Waals surface area contributed by atoms with Gasteiger partial charge in [0.15, 0.2) is 0 Å². The Balaban J connectivity index is 3.67. The quantitative estimate of drug-likeness (QED) is 0.619. The molecular weight excluding hydrogens is 172 g/mol. The van der Waals surface area contributed by atoms with E-state index in [0.717, 1.165) is 12.5 Å². The van der Waals surface area contributed by atoms with Gasteiger partial charge in [0, 0.05) is 0 Å². The third kappa shape index (κ3) is 6.39. The molecule has 2 heteroatoms. The van der Waals surface area contributed by atoms with Gasteiger partial charge in [0.25, 0.3) is 0 Å². The van der Waals surface area contributed by atoms with E-state index in [2.05, 4.69) is 25.7 Å². The Labute approximate surface area is 89.9 Å². The van der Waals surface area contributed by atoms with Crippen LogP contribution in [-0.4, -0.2) is 31.1 Å². The molecule has 0 aliphatic carbocycles. The van der Waals surface area contributed by atoms with E-state index < -0.39 is 0 Å². The van der Waals surface area contributed by atoms with E-state index in [-0.39, 0.29) is 0 Å². The van der Waals surface area contributed by atoms with Crippen molar-refractivity contribution >= 4 is 0 Å². The van der Waals surface area contributed by atoms with Crippen LogP contribution in [0.5, 0.6) is 0 Å². The maximum atomic E-state index is 5.70. The summed E-state index contributed by atoms with van der Waals surface area (Å²) in [6.45, 7) is 11.3. The number of nitrogens with two attached hydrogens (primary N) is 1. The highest BCUT2D eigenvalue weighted by Crippen LogP contribution is 2.07. The van der Waals surface area contributed by atoms with E-state index in [1.54, 1.807) is 0 Å². The summed E-state index contributed by atoms with van der Waals surface area (Å²) in [7, 11) is 0. The van der Waals surface area contributed by atoms with Gasteiger partial charge in [0.1, 0.15) is 0 Å². The van der Waals surface area contributed by atoms with E-state index in [4.69, 9.17) is 5.73 Å². The molecule has 0 bridgehead atoms. The fourth-order valence-electron chi connectivity index (χ4n) is 1.82. The second-order valence-corrected chi connectivity index (χ2v) is 4.14. The Morgan fingerprint density at radius 3 is 1.93 bits per heavy atom. The topological polar surface area (TPSA) is 29.3 Å². The van der Waals surface area contributed by atoms with Gasteiger partial charge in [0.2, 0.25) is 0 Å². The number of hydrogen-bond donors (Lipinski definition) is 1. The van der Waals surface area contributed by atoms with Gasteiger partial charge in [-0.3, -0.25) is 0 Å². The van der Waals surface area contributed by atoms with Crippen molar-refractivity contribution in [3.63, 3.8) is 0 Å². The smallest absolute Gasteiger partial charge is 0.00156 e. The maximum Gasteiger partial charge on any atom is -0.00156 e. The van der Waals surface area contributed by atoms with Gasteiger partial charge in [-0.15, -0.1) is 0 Å². The summed E-state index contributed by atoms with van der Waals surface area (Å²) in [4.78, 5) is 2.57. The Bertz CT molecular complexity index is 105. The minimum Gasteiger partial charge on any atom is -0.330 e. The van der Waals surface area contributed by atoms with Crippen LogP contribution in [0.3, 0.4) is 0 Å². The summed E-state index contributed by atoms with van der Waals surface area (Å²) in [5.41, 5.74) is 5.70. The van der Waals surface area contributed by atoms with E-state index in [1.165, 1.54) is 45.3 Å². The average molecular weight is 200 g/mol. The molecule has 0 aliphatic heterocycles. The number of nitrogens with zero attached hydrogens (tertiary/aromatic N) is 1. The molecule has 14 heavy (non-hydrogen) atoms. The molecule has 0 amide bonds. The molecule has 0 saturated carbocycles. The van der Waals surface area contributed by atoms with Crippen molar-refractivity contribution in [2.45, 2.75) is 46.5 Å². The molecule has 2 nitrogen and oxygen atoms in total. The second-order valence-electron chi connectivity index (χ2n) is 4.14. The van der Waals surface area contributed by atoms with Crippen LogP contribution in [-0.2, 0) is 0 Å². The van der Waals surface area contributed by atoms with Gasteiger partial charge in [0.05, 0.1) is 0 Å². The van der Waals surface area contributed by atoms with Crippen molar-refractivity contribution < 1.29 is 0 Å². The Morgan fingerprint density at radius 1 is 1.00 bits per heavy atom. The molecule has 86 valence electrons. The molecule has 0 radical (unpaired) electrons. The molecular formula is C12H28N2. The van der Waals surface area contributed by atoms with E-state index >= 15 is 0 Å². The molecule has 1 atom stereocenters. The van der Waals surface area contributed by atoms with Gasteiger partial charge in [-0.05, 0) is 51.4 Å². The summed E-state index contributed by atoms with van der Waals surface area (Å²) in [6.07, 6.45) is 5.02. The molecule has 2 N–H and O–H groups in total. The summed E-state index contributed by atoms with van der Waals surface area (Å²) in [5.74, 6) is 0.728. The Morgan fingerprint density at radius 2 is 1.57 bits per heavy atom. The highest BCUT2D eigenvalue weighted by atomic mass is 15.1. The van der Waals surface area contributed by atoms with E-state index in [0.29, 0.717) is 0 Å². The zero-order chi connectivity index (χ0) is 10.8. The summed E-state index contributed by atoms with van der Waals surface area (Å²) < 4.78 is 0. The second kappa shape index (κ2) is 9.47. The molecule has 0 rings (SSSR count). The standard InChI is InChI=1S/C12H28N2/c1-4-8-14(9-5-2)10-7-12(6-3)11-13/h12H,4-11,13H2,1-3H3. The zero-order valence-corrected chi connectivity index (χ0v) is 10.3. The van der Waals surface area contributed by atoms with Crippen LogP contribution in [0.1, 0.15) is 46.5 Å². The molecule has 1 unspecified atom stereocenters. The molecule has 0 aromatic rings. The molecule has 0 aromatic carbocycles. The van der Waals surface area contributed by atoms with Crippen LogP contribution in [0.25, 0.3) is 0 Å². The highest BCUT2D eigenvalue weighted by Gasteiger charge is 2.07. The minimum atomic E-state index is 0.728. The van der Waals surface area contributed by atoms with Crippen LogP contribution in [0.2, 0.25) is 0 Å². The monoisotopic (exact) mass is 200 g/mol. The average Bonchev–Trinajstić information content (AvgIpc) is 2.20. The first-order valence-corrected chi connectivity index (χ1v) is 6.20. The fraction of sp³-hybridized carbons (Fsp3) is 1.00. The molecule has 0 saturated heterocycles. The molecule has 0 fully saturated rings. The lowest BCUT2D eigenvalue weighted by Crippen LogP contribution is -2.29. The number of hydrogen-bond acceptors (Lipinski definition) is 2. The molecule has 0 heterocycles. The molecule has 0 spiro atoms. The maximum absolute atomic E-state index is 5.70. The third-order valence-corrected chi connectivity index (χ3v) is 2.84. The first kappa shape index (κ1) is 13.9. The lowest BCUT2D eigenvalue weighted by atomic mass is 10.0. The summed E-state index contributed by atoms with van der Waals surface area (Å²) in [5, 5.41) is 0. The van der Waals surface area contributed by atoms with Gasteiger partial charge < -0.3 is 10.6 Å². The predicted molar refractivity (Wildman–Crippen MR) is 64.5 cm³/mol. The van der Waals surface area contributed by atoms with Crippen LogP contribution < -0.4 is 5.73 Å².